The van der Waals surface area contributed by atoms with Crippen molar-refractivity contribution in [3.05, 3.63) is 45.4 Å². The van der Waals surface area contributed by atoms with E-state index in [1.54, 1.807) is 18.4 Å². The Morgan fingerprint density at radius 3 is 2.90 bits per heavy atom. The van der Waals surface area contributed by atoms with Crippen LogP contribution in [-0.2, 0) is 20.0 Å². The third-order valence-electron chi connectivity index (χ3n) is 3.32. The lowest BCUT2D eigenvalue weighted by Crippen LogP contribution is -2.39. The van der Waals surface area contributed by atoms with Gasteiger partial charge in [-0.1, -0.05) is 11.6 Å². The Balaban J connectivity index is 1.86. The number of aromatic nitrogens is 1. The second-order valence-electron chi connectivity index (χ2n) is 4.97. The van der Waals surface area contributed by atoms with Crippen LogP contribution in [0.4, 0.5) is 0 Å². The maximum absolute atomic E-state index is 6.02. The van der Waals surface area contributed by atoms with Crippen LogP contribution in [0.3, 0.4) is 0 Å². The molecule has 2 rings (SSSR count). The Morgan fingerprint density at radius 2 is 2.33 bits per heavy atom. The van der Waals surface area contributed by atoms with Crippen molar-refractivity contribution < 1.29 is 0 Å². The second kappa shape index (κ2) is 7.52. The van der Waals surface area contributed by atoms with Gasteiger partial charge in [0.25, 0.3) is 0 Å². The normalized spacial score (nSPS) is 11.7. The zero-order valence-corrected chi connectivity index (χ0v) is 14.2. The molecule has 4 nitrogen and oxygen atoms in total. The molecule has 6 heteroatoms. The molecule has 2 aromatic heterocycles. The van der Waals surface area contributed by atoms with Gasteiger partial charge in [-0.25, -0.2) is 0 Å². The smallest absolute Gasteiger partial charge is 0.193 e. The lowest BCUT2D eigenvalue weighted by atomic mass is 10.2. The van der Waals surface area contributed by atoms with Crippen molar-refractivity contribution in [2.75, 3.05) is 20.6 Å². The summed E-state index contributed by atoms with van der Waals surface area (Å²) < 4.78 is 2.04. The van der Waals surface area contributed by atoms with Gasteiger partial charge in [0.1, 0.15) is 0 Å². The molecule has 0 saturated carbocycles. The summed E-state index contributed by atoms with van der Waals surface area (Å²) in [5.74, 6) is 0.891. The number of aliphatic imine (C=N–C) groups is 1. The molecular formula is C15H21ClN4S. The predicted molar refractivity (Wildman–Crippen MR) is 91.3 cm³/mol. The van der Waals surface area contributed by atoms with Crippen LogP contribution in [0.1, 0.15) is 11.3 Å². The molecule has 2 aromatic rings. The van der Waals surface area contributed by atoms with E-state index in [0.717, 1.165) is 36.2 Å². The van der Waals surface area contributed by atoms with Crippen molar-refractivity contribution in [2.45, 2.75) is 13.0 Å². The fourth-order valence-electron chi connectivity index (χ4n) is 2.18. The van der Waals surface area contributed by atoms with E-state index in [1.807, 2.05) is 30.9 Å². The van der Waals surface area contributed by atoms with Gasteiger partial charge in [0, 0.05) is 39.6 Å². The van der Waals surface area contributed by atoms with Gasteiger partial charge < -0.3 is 14.8 Å². The molecule has 0 radical (unpaired) electrons. The number of guanidine groups is 1. The van der Waals surface area contributed by atoms with Gasteiger partial charge in [-0.05, 0) is 34.9 Å². The fourth-order valence-corrected chi connectivity index (χ4v) is 3.15. The van der Waals surface area contributed by atoms with Crippen molar-refractivity contribution in [1.29, 1.82) is 0 Å². The van der Waals surface area contributed by atoms with Crippen LogP contribution in [0.2, 0.25) is 5.02 Å². The Labute approximate surface area is 135 Å². The van der Waals surface area contributed by atoms with Gasteiger partial charge in [0.05, 0.1) is 11.6 Å². The van der Waals surface area contributed by atoms with Gasteiger partial charge in [0.15, 0.2) is 5.96 Å². The first kappa shape index (κ1) is 15.9. The highest BCUT2D eigenvalue weighted by Gasteiger charge is 2.09. The van der Waals surface area contributed by atoms with E-state index in [2.05, 4.69) is 32.0 Å². The van der Waals surface area contributed by atoms with E-state index in [4.69, 9.17) is 11.6 Å². The second-order valence-corrected chi connectivity index (χ2v) is 6.19. The molecule has 0 saturated heterocycles. The molecule has 0 amide bonds. The van der Waals surface area contributed by atoms with E-state index < -0.39 is 0 Å². The van der Waals surface area contributed by atoms with E-state index >= 15 is 0 Å². The van der Waals surface area contributed by atoms with Crippen molar-refractivity contribution in [1.82, 2.24) is 14.8 Å². The standard InChI is InChI=1S/C15H21ClN4S/c1-17-15(18-6-4-12-5-7-21-11-12)20(3)10-14-8-13(16)9-19(14)2/h5,7-9,11H,4,6,10H2,1-3H3,(H,17,18). The topological polar surface area (TPSA) is 32.6 Å². The minimum atomic E-state index is 0.765. The number of aryl methyl sites for hydroxylation is 1. The number of nitrogens with one attached hydrogen (secondary N) is 1. The number of halogens is 1. The van der Waals surface area contributed by atoms with Gasteiger partial charge in [0.2, 0.25) is 0 Å². The molecule has 0 aliphatic rings. The number of hydrogen-bond acceptors (Lipinski definition) is 2. The summed E-state index contributed by atoms with van der Waals surface area (Å²) in [6.07, 6.45) is 2.92. The molecule has 2 heterocycles. The van der Waals surface area contributed by atoms with Crippen molar-refractivity contribution >= 4 is 28.9 Å². The van der Waals surface area contributed by atoms with E-state index in [9.17, 15) is 0 Å². The summed E-state index contributed by atoms with van der Waals surface area (Å²) in [6, 6.07) is 4.14. The Hall–Kier alpha value is -1.46. The molecule has 0 atom stereocenters. The molecule has 114 valence electrons. The van der Waals surface area contributed by atoms with E-state index in [0.29, 0.717) is 0 Å². The van der Waals surface area contributed by atoms with E-state index in [1.165, 1.54) is 5.56 Å². The lowest BCUT2D eigenvalue weighted by molar-refractivity contribution is 0.462. The van der Waals surface area contributed by atoms with Gasteiger partial charge in [-0.3, -0.25) is 4.99 Å². The van der Waals surface area contributed by atoms with Crippen LogP contribution in [0.25, 0.3) is 0 Å². The highest BCUT2D eigenvalue weighted by molar-refractivity contribution is 7.07. The zero-order valence-electron chi connectivity index (χ0n) is 12.6. The number of thiophene rings is 1. The predicted octanol–water partition coefficient (Wildman–Crippen LogP) is 2.99. The average Bonchev–Trinajstić information content (AvgIpc) is 3.05. The summed E-state index contributed by atoms with van der Waals surface area (Å²) in [5, 5.41) is 8.44. The number of nitrogens with zero attached hydrogens (tertiary/aromatic N) is 3. The molecular weight excluding hydrogens is 304 g/mol. The molecule has 0 unspecified atom stereocenters. The quantitative estimate of drug-likeness (QED) is 0.677. The molecule has 0 aliphatic heterocycles. The van der Waals surface area contributed by atoms with Crippen LogP contribution in [0.15, 0.2) is 34.1 Å². The van der Waals surface area contributed by atoms with Crippen molar-refractivity contribution in [3.8, 4) is 0 Å². The molecule has 0 fully saturated rings. The Bertz CT molecular complexity index is 589. The maximum Gasteiger partial charge on any atom is 0.193 e. The first-order chi connectivity index (χ1) is 10.1. The van der Waals surface area contributed by atoms with Crippen LogP contribution >= 0.6 is 22.9 Å². The van der Waals surface area contributed by atoms with Crippen molar-refractivity contribution in [3.63, 3.8) is 0 Å². The lowest BCUT2D eigenvalue weighted by Gasteiger charge is -2.22. The number of hydrogen-bond donors (Lipinski definition) is 1. The minimum Gasteiger partial charge on any atom is -0.356 e. The SMILES string of the molecule is CN=C(NCCc1ccsc1)N(C)Cc1cc(Cl)cn1C. The Morgan fingerprint density at radius 1 is 1.52 bits per heavy atom. The van der Waals surface area contributed by atoms with E-state index in [-0.39, 0.29) is 0 Å². The van der Waals surface area contributed by atoms with Gasteiger partial charge in [-0.15, -0.1) is 0 Å². The molecule has 21 heavy (non-hydrogen) atoms. The summed E-state index contributed by atoms with van der Waals surface area (Å²) in [5.41, 5.74) is 2.52. The Kier molecular flexibility index (Phi) is 5.70. The summed E-state index contributed by atoms with van der Waals surface area (Å²) in [7, 11) is 5.84. The molecule has 0 aliphatic carbocycles. The molecule has 0 bridgehead atoms. The minimum absolute atomic E-state index is 0.765. The fraction of sp³-hybridized carbons (Fsp3) is 0.400. The highest BCUT2D eigenvalue weighted by Crippen LogP contribution is 2.14. The van der Waals surface area contributed by atoms with Crippen LogP contribution < -0.4 is 5.32 Å². The third kappa shape index (κ3) is 4.51. The number of rotatable bonds is 5. The van der Waals surface area contributed by atoms with Crippen LogP contribution in [0.5, 0.6) is 0 Å². The molecule has 0 aromatic carbocycles. The van der Waals surface area contributed by atoms with Crippen molar-refractivity contribution in [2.24, 2.45) is 12.0 Å². The maximum atomic E-state index is 6.02. The largest absolute Gasteiger partial charge is 0.356 e. The summed E-state index contributed by atoms with van der Waals surface area (Å²) in [4.78, 5) is 6.43. The monoisotopic (exact) mass is 324 g/mol. The zero-order chi connectivity index (χ0) is 15.2. The first-order valence-corrected chi connectivity index (χ1v) is 8.16. The highest BCUT2D eigenvalue weighted by atomic mass is 35.5. The van der Waals surface area contributed by atoms with Gasteiger partial charge in [-0.2, -0.15) is 11.3 Å². The molecule has 0 spiro atoms. The summed E-state index contributed by atoms with van der Waals surface area (Å²) in [6.45, 7) is 1.64. The molecule has 1 N–H and O–H groups in total. The average molecular weight is 325 g/mol. The van der Waals surface area contributed by atoms with Crippen LogP contribution in [-0.4, -0.2) is 36.1 Å². The summed E-state index contributed by atoms with van der Waals surface area (Å²) >= 11 is 7.75. The van der Waals surface area contributed by atoms with Crippen LogP contribution in [0, 0.1) is 0 Å². The third-order valence-corrected chi connectivity index (χ3v) is 4.26. The van der Waals surface area contributed by atoms with Gasteiger partial charge >= 0.3 is 0 Å². The first-order valence-electron chi connectivity index (χ1n) is 6.83.